The van der Waals surface area contributed by atoms with Crippen LogP contribution in [-0.2, 0) is 21.7 Å². The van der Waals surface area contributed by atoms with Gasteiger partial charge in [-0.15, -0.1) is 0 Å². The summed E-state index contributed by atoms with van der Waals surface area (Å²) >= 11 is 7.13. The summed E-state index contributed by atoms with van der Waals surface area (Å²) in [5, 5.41) is 0. The van der Waals surface area contributed by atoms with Gasteiger partial charge in [0.15, 0.2) is 5.54 Å². The number of anilines is 1. The van der Waals surface area contributed by atoms with Crippen LogP contribution in [0.15, 0.2) is 65.5 Å². The number of likely N-dealkylation sites (tertiary alicyclic amines) is 1. The zero-order valence-electron chi connectivity index (χ0n) is 20.0. The van der Waals surface area contributed by atoms with Gasteiger partial charge < -0.3 is 14.1 Å². The quantitative estimate of drug-likeness (QED) is 0.485. The predicted octanol–water partition coefficient (Wildman–Crippen LogP) is 3.38. The van der Waals surface area contributed by atoms with Crippen molar-refractivity contribution in [3.63, 3.8) is 0 Å². The van der Waals surface area contributed by atoms with E-state index in [0.717, 1.165) is 16.8 Å². The number of hydrogen-bond acceptors (Lipinski definition) is 8. The Morgan fingerprint density at radius 1 is 1.19 bits per heavy atom. The van der Waals surface area contributed by atoms with Gasteiger partial charge in [-0.1, -0.05) is 30.0 Å². The summed E-state index contributed by atoms with van der Waals surface area (Å²) in [6, 6.07) is 13.0. The fraction of sp³-hybridized carbons (Fsp3) is 0.308. The van der Waals surface area contributed by atoms with Crippen LogP contribution in [0.2, 0.25) is 0 Å². The molecule has 0 bridgehead atoms. The lowest BCUT2D eigenvalue weighted by molar-refractivity contribution is -0.139. The van der Waals surface area contributed by atoms with Crippen molar-refractivity contribution in [2.75, 3.05) is 32.6 Å². The Bertz CT molecular complexity index is 1380. The van der Waals surface area contributed by atoms with Crippen LogP contribution in [0.3, 0.4) is 0 Å². The number of pyridine rings is 1. The Morgan fingerprint density at radius 2 is 2.03 bits per heavy atom. The molecule has 2 amide bonds. The summed E-state index contributed by atoms with van der Waals surface area (Å²) in [5.74, 6) is 0.532. The van der Waals surface area contributed by atoms with Crippen molar-refractivity contribution in [1.82, 2.24) is 14.8 Å². The number of ether oxygens (including phenoxy) is 1. The zero-order valence-corrected chi connectivity index (χ0v) is 21.6. The molecule has 3 aromatic rings. The van der Waals surface area contributed by atoms with Crippen molar-refractivity contribution in [3.05, 3.63) is 78.0 Å². The van der Waals surface area contributed by atoms with Crippen molar-refractivity contribution in [3.8, 4) is 5.75 Å². The summed E-state index contributed by atoms with van der Waals surface area (Å²) < 4.78 is 10.3. The zero-order chi connectivity index (χ0) is 25.2. The van der Waals surface area contributed by atoms with Crippen molar-refractivity contribution >= 4 is 45.8 Å². The Kier molecular flexibility index (Phi) is 5.26. The maximum atomic E-state index is 14.7. The number of furan rings is 1. The van der Waals surface area contributed by atoms with E-state index in [4.69, 9.17) is 21.4 Å². The van der Waals surface area contributed by atoms with E-state index in [2.05, 4.69) is 4.98 Å². The van der Waals surface area contributed by atoms with Crippen LogP contribution < -0.4 is 9.64 Å². The van der Waals surface area contributed by atoms with Gasteiger partial charge in [0.2, 0.25) is 5.91 Å². The smallest absolute Gasteiger partial charge is 0.254 e. The van der Waals surface area contributed by atoms with Gasteiger partial charge in [-0.2, -0.15) is 0 Å². The van der Waals surface area contributed by atoms with Crippen LogP contribution in [-0.4, -0.2) is 63.4 Å². The monoisotopic (exact) mass is 520 g/mol. The molecular weight excluding hydrogens is 496 g/mol. The lowest BCUT2D eigenvalue weighted by Crippen LogP contribution is -2.62. The Labute approximate surface area is 218 Å². The first-order chi connectivity index (χ1) is 17.4. The average Bonchev–Trinajstić information content (AvgIpc) is 3.61. The third kappa shape index (κ3) is 2.80. The molecule has 6 rings (SSSR count). The van der Waals surface area contributed by atoms with Gasteiger partial charge in [-0.05, 0) is 49.0 Å². The van der Waals surface area contributed by atoms with E-state index < -0.39 is 10.3 Å². The van der Waals surface area contributed by atoms with Crippen LogP contribution in [0.25, 0.3) is 0 Å². The van der Waals surface area contributed by atoms with Crippen molar-refractivity contribution in [2.24, 2.45) is 0 Å². The van der Waals surface area contributed by atoms with Gasteiger partial charge in [0.05, 0.1) is 19.9 Å². The average molecular weight is 521 g/mol. The second kappa shape index (κ2) is 8.16. The summed E-state index contributed by atoms with van der Waals surface area (Å²) in [4.78, 5) is 38.7. The first kappa shape index (κ1) is 23.2. The molecule has 2 fully saturated rings. The number of thiocarbonyl (C=S) groups is 1. The number of rotatable bonds is 4. The first-order valence-corrected chi connectivity index (χ1v) is 12.7. The van der Waals surface area contributed by atoms with Crippen molar-refractivity contribution in [2.45, 2.75) is 22.7 Å². The minimum absolute atomic E-state index is 0.164. The number of carbonyl (C=O) groups excluding carboxylic acids is 2. The van der Waals surface area contributed by atoms with Gasteiger partial charge in [0, 0.05) is 43.2 Å². The standard InChI is InChI=1S/C26H24N4O4S2/c1-28-15-20(16-6-4-10-27-13-16)26(23(32)30(24(35)36-26)14-18-7-5-11-34-18)25(28)19-12-17(33-3)8-9-21(19)29(2)22(25)31/h4-13,20H,14-15H2,1-3H3/t20-,25+,26+/m0/s1. The number of amides is 2. The number of carbonyl (C=O) groups is 2. The van der Waals surface area contributed by atoms with Gasteiger partial charge in [0.1, 0.15) is 20.6 Å². The lowest BCUT2D eigenvalue weighted by Gasteiger charge is -2.42. The van der Waals surface area contributed by atoms with Gasteiger partial charge >= 0.3 is 0 Å². The third-order valence-electron chi connectivity index (χ3n) is 7.64. The van der Waals surface area contributed by atoms with Gasteiger partial charge in [-0.25, -0.2) is 0 Å². The van der Waals surface area contributed by atoms with Crippen LogP contribution in [0.5, 0.6) is 5.75 Å². The molecule has 3 aliphatic heterocycles. The number of aromatic nitrogens is 1. The second-order valence-electron chi connectivity index (χ2n) is 9.25. The number of fused-ring (bicyclic) bond motifs is 3. The summed E-state index contributed by atoms with van der Waals surface area (Å²) in [5.41, 5.74) is 1.08. The largest absolute Gasteiger partial charge is 0.497 e. The maximum absolute atomic E-state index is 14.7. The minimum atomic E-state index is -1.30. The molecule has 0 saturated carbocycles. The number of hydrogen-bond donors (Lipinski definition) is 0. The number of likely N-dealkylation sites (N-methyl/N-ethyl adjacent to an activating group) is 2. The number of methoxy groups -OCH3 is 1. The molecule has 10 heteroatoms. The van der Waals surface area contributed by atoms with Crippen LogP contribution in [0.1, 0.15) is 22.8 Å². The molecule has 0 radical (unpaired) electrons. The van der Waals surface area contributed by atoms with E-state index in [9.17, 15) is 9.59 Å². The molecule has 184 valence electrons. The van der Waals surface area contributed by atoms with E-state index in [0.29, 0.717) is 22.4 Å². The molecule has 2 saturated heterocycles. The highest BCUT2D eigenvalue weighted by atomic mass is 32.2. The van der Waals surface area contributed by atoms with E-state index in [-0.39, 0.29) is 24.3 Å². The molecule has 2 aromatic heterocycles. The molecule has 0 N–H and O–H groups in total. The predicted molar refractivity (Wildman–Crippen MR) is 140 cm³/mol. The SMILES string of the molecule is COc1ccc2c(c1)[C@]1(C(=O)N2C)N(C)C[C@@H](c2cccnc2)[C@]12SC(=S)N(Cc1ccco1)C2=O. The van der Waals surface area contributed by atoms with Crippen LogP contribution in [0, 0.1) is 0 Å². The molecule has 0 unspecified atom stereocenters. The molecule has 36 heavy (non-hydrogen) atoms. The van der Waals surface area contributed by atoms with Crippen molar-refractivity contribution in [1.29, 1.82) is 0 Å². The summed E-state index contributed by atoms with van der Waals surface area (Å²) in [6.07, 6.45) is 5.06. The molecule has 2 spiro atoms. The number of benzene rings is 1. The van der Waals surface area contributed by atoms with E-state index in [1.165, 1.54) is 11.8 Å². The molecule has 3 aliphatic rings. The lowest BCUT2D eigenvalue weighted by atomic mass is 9.72. The minimum Gasteiger partial charge on any atom is -0.497 e. The topological polar surface area (TPSA) is 79.1 Å². The van der Waals surface area contributed by atoms with Crippen molar-refractivity contribution < 1.29 is 18.7 Å². The maximum Gasteiger partial charge on any atom is 0.254 e. The van der Waals surface area contributed by atoms with E-state index in [1.54, 1.807) is 48.7 Å². The summed E-state index contributed by atoms with van der Waals surface area (Å²) in [7, 11) is 5.26. The fourth-order valence-electron chi connectivity index (χ4n) is 6.08. The highest BCUT2D eigenvalue weighted by Gasteiger charge is 2.78. The molecule has 0 aliphatic carbocycles. The van der Waals surface area contributed by atoms with Crippen LogP contribution in [0.4, 0.5) is 5.69 Å². The Morgan fingerprint density at radius 3 is 2.72 bits per heavy atom. The normalized spacial score (nSPS) is 27.6. The van der Waals surface area contributed by atoms with Gasteiger partial charge in [-0.3, -0.25) is 24.4 Å². The molecule has 5 heterocycles. The van der Waals surface area contributed by atoms with E-state index in [1.807, 2.05) is 48.3 Å². The molecule has 8 nitrogen and oxygen atoms in total. The highest BCUT2D eigenvalue weighted by Crippen LogP contribution is 2.66. The molecule has 1 aromatic carbocycles. The Balaban J connectivity index is 1.62. The van der Waals surface area contributed by atoms with E-state index >= 15 is 0 Å². The number of thioether (sulfide) groups is 1. The van der Waals surface area contributed by atoms with Gasteiger partial charge in [0.25, 0.3) is 5.91 Å². The van der Waals surface area contributed by atoms with Crippen LogP contribution >= 0.6 is 24.0 Å². The fourth-order valence-corrected chi connectivity index (χ4v) is 8.21. The highest BCUT2D eigenvalue weighted by molar-refractivity contribution is 8.25. The molecular formula is C26H24N4O4S2. The number of nitrogens with zero attached hydrogens (tertiary/aromatic N) is 4. The Hall–Kier alpha value is -3.21. The second-order valence-corrected chi connectivity index (χ2v) is 11.1. The first-order valence-electron chi connectivity index (χ1n) is 11.5. The molecule has 3 atom stereocenters. The summed E-state index contributed by atoms with van der Waals surface area (Å²) in [6.45, 7) is 0.672. The third-order valence-corrected chi connectivity index (χ3v) is 9.58.